The fourth-order valence-electron chi connectivity index (χ4n) is 4.29. The fourth-order valence-corrected chi connectivity index (χ4v) is 4.87. The molecule has 0 saturated heterocycles. The highest BCUT2D eigenvalue weighted by molar-refractivity contribution is 7.08. The van der Waals surface area contributed by atoms with Crippen LogP contribution in [-0.4, -0.2) is 25.9 Å². The van der Waals surface area contributed by atoms with Crippen molar-refractivity contribution >= 4 is 22.2 Å². The SMILES string of the molecule is COc1ccc(-c2ccc3c(c2)c(C#Cc2ccsc2)c(-c2cc(OC)cc(OC)c2)n3C)cc1. The van der Waals surface area contributed by atoms with Gasteiger partial charge in [-0.05, 0) is 59.0 Å². The maximum atomic E-state index is 5.55. The lowest BCUT2D eigenvalue weighted by molar-refractivity contribution is 0.394. The van der Waals surface area contributed by atoms with Crippen LogP contribution < -0.4 is 14.2 Å². The Kier molecular flexibility index (Phi) is 6.22. The molecule has 35 heavy (non-hydrogen) atoms. The summed E-state index contributed by atoms with van der Waals surface area (Å²) in [5, 5.41) is 5.21. The van der Waals surface area contributed by atoms with Gasteiger partial charge in [0, 0.05) is 40.5 Å². The molecular formula is C30H25NO3S. The van der Waals surface area contributed by atoms with Gasteiger partial charge in [0.1, 0.15) is 17.2 Å². The third kappa shape index (κ3) is 4.37. The van der Waals surface area contributed by atoms with Gasteiger partial charge in [0.2, 0.25) is 0 Å². The molecule has 5 aromatic rings. The first kappa shape index (κ1) is 22.6. The van der Waals surface area contributed by atoms with Crippen molar-refractivity contribution in [2.75, 3.05) is 21.3 Å². The number of rotatable bonds is 5. The number of nitrogens with zero attached hydrogens (tertiary/aromatic N) is 1. The normalized spacial score (nSPS) is 10.6. The third-order valence-electron chi connectivity index (χ3n) is 6.10. The molecule has 2 heterocycles. The summed E-state index contributed by atoms with van der Waals surface area (Å²) in [7, 11) is 7.09. The monoisotopic (exact) mass is 479 g/mol. The summed E-state index contributed by atoms with van der Waals surface area (Å²) in [5.74, 6) is 9.15. The Hall–Kier alpha value is -4.14. The molecule has 0 radical (unpaired) electrons. The van der Waals surface area contributed by atoms with Crippen molar-refractivity contribution in [3.05, 3.63) is 88.6 Å². The highest BCUT2D eigenvalue weighted by atomic mass is 32.1. The smallest absolute Gasteiger partial charge is 0.123 e. The van der Waals surface area contributed by atoms with Crippen LogP contribution in [0, 0.1) is 11.8 Å². The standard InChI is InChI=1S/C30H25NO3S/c1-31-29-12-8-22(21-6-9-24(32-2)10-7-21)17-28(29)27(11-5-20-13-14-35-19-20)30(31)23-15-25(33-3)18-26(16-23)34-4/h6-10,12-19H,1-4H3. The van der Waals surface area contributed by atoms with Gasteiger partial charge in [0.15, 0.2) is 0 Å². The van der Waals surface area contributed by atoms with E-state index in [1.807, 2.05) is 41.8 Å². The van der Waals surface area contributed by atoms with Gasteiger partial charge in [-0.3, -0.25) is 0 Å². The third-order valence-corrected chi connectivity index (χ3v) is 6.78. The minimum atomic E-state index is 0.736. The number of ether oxygens (including phenoxy) is 3. The Morgan fingerprint density at radius 3 is 2.00 bits per heavy atom. The summed E-state index contributed by atoms with van der Waals surface area (Å²) < 4.78 is 18.6. The van der Waals surface area contributed by atoms with Crippen molar-refractivity contribution in [3.8, 4) is 51.5 Å². The number of hydrogen-bond acceptors (Lipinski definition) is 4. The molecule has 0 atom stereocenters. The van der Waals surface area contributed by atoms with E-state index < -0.39 is 0 Å². The first-order chi connectivity index (χ1) is 17.1. The predicted octanol–water partition coefficient (Wildman–Crippen LogP) is 7.00. The molecule has 0 N–H and O–H groups in total. The van der Waals surface area contributed by atoms with Gasteiger partial charge in [0.25, 0.3) is 0 Å². The molecule has 3 aromatic carbocycles. The molecule has 0 fully saturated rings. The molecule has 174 valence electrons. The summed E-state index contributed by atoms with van der Waals surface area (Å²) in [6.45, 7) is 0. The zero-order valence-corrected chi connectivity index (χ0v) is 20.9. The van der Waals surface area contributed by atoms with Gasteiger partial charge in [-0.1, -0.05) is 30.0 Å². The average Bonchev–Trinajstić information content (AvgIpc) is 3.52. The van der Waals surface area contributed by atoms with Gasteiger partial charge in [-0.2, -0.15) is 11.3 Å². The summed E-state index contributed by atoms with van der Waals surface area (Å²) >= 11 is 1.65. The highest BCUT2D eigenvalue weighted by Gasteiger charge is 2.18. The van der Waals surface area contributed by atoms with E-state index >= 15 is 0 Å². The van der Waals surface area contributed by atoms with Crippen LogP contribution in [0.25, 0.3) is 33.3 Å². The van der Waals surface area contributed by atoms with Crippen LogP contribution in [0.4, 0.5) is 0 Å². The lowest BCUT2D eigenvalue weighted by atomic mass is 10.0. The number of benzene rings is 3. The van der Waals surface area contributed by atoms with E-state index in [9.17, 15) is 0 Å². The second kappa shape index (κ2) is 9.61. The van der Waals surface area contributed by atoms with E-state index in [1.54, 1.807) is 32.7 Å². The number of fused-ring (bicyclic) bond motifs is 1. The molecule has 0 spiro atoms. The Morgan fingerprint density at radius 1 is 0.686 bits per heavy atom. The predicted molar refractivity (Wildman–Crippen MR) is 144 cm³/mol. The van der Waals surface area contributed by atoms with E-state index in [2.05, 4.69) is 59.2 Å². The zero-order chi connectivity index (χ0) is 24.4. The topological polar surface area (TPSA) is 32.6 Å². The van der Waals surface area contributed by atoms with Crippen LogP contribution in [0.5, 0.6) is 17.2 Å². The largest absolute Gasteiger partial charge is 0.497 e. The van der Waals surface area contributed by atoms with Gasteiger partial charge in [-0.25, -0.2) is 0 Å². The minimum absolute atomic E-state index is 0.736. The Balaban J connectivity index is 1.76. The minimum Gasteiger partial charge on any atom is -0.497 e. The van der Waals surface area contributed by atoms with Crippen molar-refractivity contribution in [2.45, 2.75) is 0 Å². The number of thiophene rings is 1. The first-order valence-electron chi connectivity index (χ1n) is 11.2. The number of aromatic nitrogens is 1. The molecule has 0 amide bonds. The van der Waals surface area contributed by atoms with E-state index in [4.69, 9.17) is 14.2 Å². The van der Waals surface area contributed by atoms with Crippen molar-refractivity contribution in [3.63, 3.8) is 0 Å². The van der Waals surface area contributed by atoms with Crippen LogP contribution in [0.1, 0.15) is 11.1 Å². The van der Waals surface area contributed by atoms with Crippen molar-refractivity contribution in [1.29, 1.82) is 0 Å². The molecule has 0 unspecified atom stereocenters. The lowest BCUT2D eigenvalue weighted by Crippen LogP contribution is -1.95. The van der Waals surface area contributed by atoms with Crippen LogP contribution in [0.15, 0.2) is 77.5 Å². The van der Waals surface area contributed by atoms with Crippen molar-refractivity contribution in [2.24, 2.45) is 7.05 Å². The van der Waals surface area contributed by atoms with Crippen LogP contribution >= 0.6 is 11.3 Å². The molecule has 5 heteroatoms. The van der Waals surface area contributed by atoms with Gasteiger partial charge >= 0.3 is 0 Å². The molecule has 0 aliphatic rings. The Bertz CT molecular complexity index is 1530. The van der Waals surface area contributed by atoms with Crippen molar-refractivity contribution < 1.29 is 14.2 Å². The molecule has 0 aliphatic carbocycles. The molecule has 5 rings (SSSR count). The zero-order valence-electron chi connectivity index (χ0n) is 20.1. The number of hydrogen-bond donors (Lipinski definition) is 0. The number of aryl methyl sites for hydroxylation is 1. The molecule has 0 aliphatic heterocycles. The molecular weight excluding hydrogens is 454 g/mol. The van der Waals surface area contributed by atoms with E-state index in [1.165, 1.54) is 0 Å². The molecule has 2 aromatic heterocycles. The molecule has 4 nitrogen and oxygen atoms in total. The second-order valence-corrected chi connectivity index (χ2v) is 8.89. The Labute approximate surface area is 209 Å². The fraction of sp³-hybridized carbons (Fsp3) is 0.133. The van der Waals surface area contributed by atoms with E-state index in [0.29, 0.717) is 0 Å². The molecule has 0 saturated carbocycles. The van der Waals surface area contributed by atoms with Gasteiger partial charge in [-0.15, -0.1) is 0 Å². The maximum absolute atomic E-state index is 5.55. The van der Waals surface area contributed by atoms with E-state index in [0.717, 1.165) is 61.7 Å². The lowest BCUT2D eigenvalue weighted by Gasteiger charge is -2.10. The summed E-state index contributed by atoms with van der Waals surface area (Å²) in [6.07, 6.45) is 0. The average molecular weight is 480 g/mol. The second-order valence-electron chi connectivity index (χ2n) is 8.11. The number of methoxy groups -OCH3 is 3. The molecule has 0 bridgehead atoms. The van der Waals surface area contributed by atoms with Crippen LogP contribution in [-0.2, 0) is 7.05 Å². The summed E-state index contributed by atoms with van der Waals surface area (Å²) in [6, 6.07) is 22.6. The van der Waals surface area contributed by atoms with E-state index in [-0.39, 0.29) is 0 Å². The van der Waals surface area contributed by atoms with Gasteiger partial charge < -0.3 is 18.8 Å². The van der Waals surface area contributed by atoms with Crippen molar-refractivity contribution in [1.82, 2.24) is 4.57 Å². The maximum Gasteiger partial charge on any atom is 0.123 e. The van der Waals surface area contributed by atoms with Gasteiger partial charge in [0.05, 0.1) is 32.6 Å². The summed E-state index contributed by atoms with van der Waals surface area (Å²) in [5.41, 5.74) is 7.34. The summed E-state index contributed by atoms with van der Waals surface area (Å²) in [4.78, 5) is 0. The van der Waals surface area contributed by atoms with Crippen LogP contribution in [0.2, 0.25) is 0 Å². The quantitative estimate of drug-likeness (QED) is 0.255. The highest BCUT2D eigenvalue weighted by Crippen LogP contribution is 2.38. The first-order valence-corrected chi connectivity index (χ1v) is 12.1. The van der Waals surface area contributed by atoms with Crippen LogP contribution in [0.3, 0.4) is 0 Å². The Morgan fingerprint density at radius 2 is 1.37 bits per heavy atom.